The molecule has 9 heteroatoms. The van der Waals surface area contributed by atoms with Gasteiger partial charge in [-0.1, -0.05) is 6.07 Å². The first-order valence-corrected chi connectivity index (χ1v) is 10.2. The molecule has 0 aliphatic carbocycles. The Hall–Kier alpha value is -3.33. The van der Waals surface area contributed by atoms with Crippen LogP contribution in [0.5, 0.6) is 0 Å². The maximum Gasteiger partial charge on any atom is 0.228 e. The average Bonchev–Trinajstić information content (AvgIpc) is 2.80. The van der Waals surface area contributed by atoms with Crippen LogP contribution in [0.4, 0.5) is 23.4 Å². The van der Waals surface area contributed by atoms with Crippen molar-refractivity contribution in [3.8, 4) is 0 Å². The van der Waals surface area contributed by atoms with Crippen LogP contribution in [0.1, 0.15) is 30.0 Å². The summed E-state index contributed by atoms with van der Waals surface area (Å²) in [4.78, 5) is 24.4. The molecule has 0 aromatic carbocycles. The van der Waals surface area contributed by atoms with E-state index >= 15 is 0 Å². The third-order valence-corrected chi connectivity index (χ3v) is 5.29. The molecule has 4 heterocycles. The fourth-order valence-electron chi connectivity index (χ4n) is 3.81. The second kappa shape index (κ2) is 9.45. The Balaban J connectivity index is 1.45. The van der Waals surface area contributed by atoms with Crippen LogP contribution in [0.25, 0.3) is 0 Å². The van der Waals surface area contributed by atoms with Crippen molar-refractivity contribution in [2.45, 2.75) is 25.3 Å². The summed E-state index contributed by atoms with van der Waals surface area (Å²) >= 11 is 0. The van der Waals surface area contributed by atoms with Crippen molar-refractivity contribution in [2.24, 2.45) is 0 Å². The van der Waals surface area contributed by atoms with Crippen LogP contribution in [0.3, 0.4) is 0 Å². The average molecular weight is 406 g/mol. The molecule has 0 saturated carbocycles. The van der Waals surface area contributed by atoms with Gasteiger partial charge in [0, 0.05) is 57.1 Å². The lowest BCUT2D eigenvalue weighted by Crippen LogP contribution is -2.34. The van der Waals surface area contributed by atoms with E-state index in [4.69, 9.17) is 4.98 Å². The van der Waals surface area contributed by atoms with Crippen LogP contribution in [0, 0.1) is 0 Å². The molecule has 1 unspecified atom stereocenters. The van der Waals surface area contributed by atoms with Crippen LogP contribution in [0.15, 0.2) is 43.0 Å². The minimum atomic E-state index is 0.371. The Morgan fingerprint density at radius 2 is 1.93 bits per heavy atom. The van der Waals surface area contributed by atoms with Crippen molar-refractivity contribution in [1.82, 2.24) is 29.8 Å². The molecule has 1 saturated heterocycles. The van der Waals surface area contributed by atoms with Crippen LogP contribution in [-0.4, -0.2) is 57.0 Å². The van der Waals surface area contributed by atoms with E-state index in [1.54, 1.807) is 0 Å². The second-order valence-corrected chi connectivity index (χ2v) is 7.30. The Morgan fingerprint density at radius 1 is 1.03 bits per heavy atom. The SMILES string of the molecule is CNc1cc(Nc2nccc(C3CCCN(Cc4cccnc4NC)C3)n2)ncn1. The first-order valence-electron chi connectivity index (χ1n) is 10.2. The third-order valence-electron chi connectivity index (χ3n) is 5.29. The predicted octanol–water partition coefficient (Wildman–Crippen LogP) is 2.87. The number of rotatable bonds is 7. The lowest BCUT2D eigenvalue weighted by molar-refractivity contribution is 0.198. The van der Waals surface area contributed by atoms with E-state index < -0.39 is 0 Å². The molecule has 3 aromatic rings. The summed E-state index contributed by atoms with van der Waals surface area (Å²) < 4.78 is 0. The molecule has 30 heavy (non-hydrogen) atoms. The van der Waals surface area contributed by atoms with Crippen molar-refractivity contribution in [2.75, 3.05) is 43.1 Å². The third kappa shape index (κ3) is 4.80. The van der Waals surface area contributed by atoms with Gasteiger partial charge in [0.25, 0.3) is 0 Å². The van der Waals surface area contributed by atoms with Crippen molar-refractivity contribution in [3.63, 3.8) is 0 Å². The van der Waals surface area contributed by atoms with E-state index in [2.05, 4.69) is 46.9 Å². The summed E-state index contributed by atoms with van der Waals surface area (Å²) in [6.45, 7) is 2.93. The molecule has 0 bridgehead atoms. The zero-order valence-corrected chi connectivity index (χ0v) is 17.3. The normalized spacial score (nSPS) is 16.8. The number of piperidine rings is 1. The van der Waals surface area contributed by atoms with E-state index in [1.165, 1.54) is 11.9 Å². The minimum absolute atomic E-state index is 0.371. The zero-order valence-electron chi connectivity index (χ0n) is 17.3. The molecular weight excluding hydrogens is 378 g/mol. The summed E-state index contributed by atoms with van der Waals surface area (Å²) in [5.41, 5.74) is 2.27. The molecule has 0 spiro atoms. The van der Waals surface area contributed by atoms with Gasteiger partial charge in [-0.05, 0) is 31.5 Å². The van der Waals surface area contributed by atoms with Crippen molar-refractivity contribution in [1.29, 1.82) is 0 Å². The van der Waals surface area contributed by atoms with Gasteiger partial charge in [0.1, 0.15) is 23.8 Å². The summed E-state index contributed by atoms with van der Waals surface area (Å²) in [6.07, 6.45) is 7.40. The molecule has 3 N–H and O–H groups in total. The fourth-order valence-corrected chi connectivity index (χ4v) is 3.81. The molecule has 3 aromatic heterocycles. The van der Waals surface area contributed by atoms with Crippen molar-refractivity contribution < 1.29 is 0 Å². The largest absolute Gasteiger partial charge is 0.373 e. The van der Waals surface area contributed by atoms with E-state index in [0.717, 1.165) is 49.8 Å². The molecular formula is C21H27N9. The van der Waals surface area contributed by atoms with Gasteiger partial charge in [0.05, 0.1) is 5.69 Å². The highest BCUT2D eigenvalue weighted by Crippen LogP contribution is 2.28. The topological polar surface area (TPSA) is 104 Å². The number of hydrogen-bond acceptors (Lipinski definition) is 9. The molecule has 1 aliphatic heterocycles. The number of likely N-dealkylation sites (tertiary alicyclic amines) is 1. The molecule has 1 aliphatic rings. The predicted molar refractivity (Wildman–Crippen MR) is 118 cm³/mol. The van der Waals surface area contributed by atoms with Crippen LogP contribution >= 0.6 is 0 Å². The van der Waals surface area contributed by atoms with Gasteiger partial charge in [-0.2, -0.15) is 0 Å². The highest BCUT2D eigenvalue weighted by molar-refractivity contribution is 5.52. The minimum Gasteiger partial charge on any atom is -0.373 e. The Labute approximate surface area is 176 Å². The van der Waals surface area contributed by atoms with Crippen LogP contribution in [-0.2, 0) is 6.54 Å². The Bertz CT molecular complexity index is 978. The van der Waals surface area contributed by atoms with Gasteiger partial charge in [-0.25, -0.2) is 24.9 Å². The number of hydrogen-bond donors (Lipinski definition) is 3. The summed E-state index contributed by atoms with van der Waals surface area (Å²) in [5, 5.41) is 9.37. The number of nitrogens with one attached hydrogen (secondary N) is 3. The maximum absolute atomic E-state index is 4.77. The van der Waals surface area contributed by atoms with E-state index in [0.29, 0.717) is 17.7 Å². The monoisotopic (exact) mass is 405 g/mol. The smallest absolute Gasteiger partial charge is 0.228 e. The molecule has 4 rings (SSSR count). The highest BCUT2D eigenvalue weighted by Gasteiger charge is 2.23. The Kier molecular flexibility index (Phi) is 6.29. The number of anilines is 4. The lowest BCUT2D eigenvalue weighted by Gasteiger charge is -2.32. The van der Waals surface area contributed by atoms with Gasteiger partial charge >= 0.3 is 0 Å². The van der Waals surface area contributed by atoms with Gasteiger partial charge in [-0.15, -0.1) is 0 Å². The number of pyridine rings is 1. The molecule has 1 atom stereocenters. The Morgan fingerprint density at radius 3 is 2.80 bits per heavy atom. The van der Waals surface area contributed by atoms with E-state index in [9.17, 15) is 0 Å². The zero-order chi connectivity index (χ0) is 20.8. The van der Waals surface area contributed by atoms with Gasteiger partial charge in [-0.3, -0.25) is 4.90 Å². The van der Waals surface area contributed by atoms with Gasteiger partial charge in [0.15, 0.2) is 0 Å². The summed E-state index contributed by atoms with van der Waals surface area (Å²) in [5.74, 6) is 3.26. The first kappa shape index (κ1) is 20.0. The fraction of sp³-hybridized carbons (Fsp3) is 0.381. The van der Waals surface area contributed by atoms with Crippen molar-refractivity contribution in [3.05, 3.63) is 54.2 Å². The van der Waals surface area contributed by atoms with Gasteiger partial charge in [0.2, 0.25) is 5.95 Å². The number of nitrogens with zero attached hydrogens (tertiary/aromatic N) is 6. The van der Waals surface area contributed by atoms with Crippen LogP contribution < -0.4 is 16.0 Å². The van der Waals surface area contributed by atoms with Crippen molar-refractivity contribution >= 4 is 23.4 Å². The molecule has 0 radical (unpaired) electrons. The molecule has 156 valence electrons. The quantitative estimate of drug-likeness (QED) is 0.547. The molecule has 0 amide bonds. The standard InChI is InChI=1S/C21H27N9/c1-22-18-11-19(27-14-26-18)29-21-25-9-7-17(28-21)15-6-4-10-30(12-15)13-16-5-3-8-24-20(16)23-2/h3,5,7-9,11,14-15H,4,6,10,12-13H2,1-2H3,(H,23,24)(H2,22,25,26,27,28,29). The second-order valence-electron chi connectivity index (χ2n) is 7.30. The van der Waals surface area contributed by atoms with Crippen LogP contribution in [0.2, 0.25) is 0 Å². The summed E-state index contributed by atoms with van der Waals surface area (Å²) in [7, 11) is 3.74. The first-order chi connectivity index (χ1) is 14.7. The highest BCUT2D eigenvalue weighted by atomic mass is 15.2. The molecule has 9 nitrogen and oxygen atoms in total. The summed E-state index contributed by atoms with van der Waals surface area (Å²) in [6, 6.07) is 7.97. The number of aromatic nitrogens is 5. The molecule has 1 fully saturated rings. The van der Waals surface area contributed by atoms with E-state index in [1.807, 2.05) is 44.7 Å². The van der Waals surface area contributed by atoms with E-state index in [-0.39, 0.29) is 0 Å². The van der Waals surface area contributed by atoms with Gasteiger partial charge < -0.3 is 16.0 Å². The lowest BCUT2D eigenvalue weighted by atomic mass is 9.94. The maximum atomic E-state index is 4.77.